The Morgan fingerprint density at radius 1 is 1.12 bits per heavy atom. The van der Waals surface area contributed by atoms with Gasteiger partial charge in [0.2, 0.25) is 0 Å². The molecule has 0 saturated carbocycles. The number of nitrogens with zero attached hydrogens (tertiary/aromatic N) is 2. The van der Waals surface area contributed by atoms with Gasteiger partial charge in [-0.15, -0.1) is 0 Å². The fraction of sp³-hybridized carbons (Fsp3) is 0.667. The molecule has 1 saturated heterocycles. The molecule has 0 amide bonds. The predicted molar refractivity (Wildman–Crippen MR) is 108 cm³/mol. The molecule has 1 aliphatic rings. The number of rotatable bonds is 6. The van der Waals surface area contributed by atoms with Crippen LogP contribution in [0, 0.1) is 5.92 Å². The highest BCUT2D eigenvalue weighted by Gasteiger charge is 2.22. The fourth-order valence-corrected chi connectivity index (χ4v) is 3.59. The number of piperidine rings is 1. The van der Waals surface area contributed by atoms with Crippen molar-refractivity contribution in [3.8, 4) is 0 Å². The summed E-state index contributed by atoms with van der Waals surface area (Å²) in [6.45, 7) is 12.4. The van der Waals surface area contributed by atoms with Gasteiger partial charge >= 0.3 is 0 Å². The van der Waals surface area contributed by atoms with Crippen LogP contribution < -0.4 is 10.6 Å². The number of likely N-dealkylation sites (tertiary alicyclic amines) is 1. The zero-order valence-electron chi connectivity index (χ0n) is 16.6. The van der Waals surface area contributed by atoms with E-state index < -0.39 is 0 Å². The number of hydrogen-bond donors (Lipinski definition) is 2. The topological polar surface area (TPSA) is 39.7 Å². The Kier molecular flexibility index (Phi) is 7.76. The van der Waals surface area contributed by atoms with E-state index in [1.165, 1.54) is 31.5 Å². The van der Waals surface area contributed by atoms with Crippen LogP contribution in [0.25, 0.3) is 0 Å². The van der Waals surface area contributed by atoms with Crippen molar-refractivity contribution < 1.29 is 0 Å². The van der Waals surface area contributed by atoms with E-state index in [1.54, 1.807) is 0 Å². The third-order valence-corrected chi connectivity index (χ3v) is 5.35. The highest BCUT2D eigenvalue weighted by molar-refractivity contribution is 5.80. The van der Waals surface area contributed by atoms with E-state index in [4.69, 9.17) is 0 Å². The summed E-state index contributed by atoms with van der Waals surface area (Å²) < 4.78 is 0. The van der Waals surface area contributed by atoms with E-state index in [0.29, 0.717) is 23.9 Å². The zero-order chi connectivity index (χ0) is 18.2. The Morgan fingerprint density at radius 2 is 1.76 bits per heavy atom. The van der Waals surface area contributed by atoms with Crippen molar-refractivity contribution in [1.82, 2.24) is 15.5 Å². The number of aliphatic imine (C=N–C) groups is 1. The van der Waals surface area contributed by atoms with Crippen LogP contribution in [0.4, 0.5) is 0 Å². The lowest BCUT2D eigenvalue weighted by Crippen LogP contribution is -2.50. The summed E-state index contributed by atoms with van der Waals surface area (Å²) >= 11 is 0. The largest absolute Gasteiger partial charge is 0.356 e. The molecule has 1 unspecified atom stereocenters. The molecule has 0 bridgehead atoms. The minimum absolute atomic E-state index is 0.488. The van der Waals surface area contributed by atoms with E-state index in [9.17, 15) is 0 Å². The maximum Gasteiger partial charge on any atom is 0.191 e. The van der Waals surface area contributed by atoms with Crippen LogP contribution >= 0.6 is 0 Å². The second-order valence-electron chi connectivity index (χ2n) is 7.76. The van der Waals surface area contributed by atoms with Gasteiger partial charge in [0.05, 0.1) is 0 Å². The average Bonchev–Trinajstić information content (AvgIpc) is 2.62. The fourth-order valence-electron chi connectivity index (χ4n) is 3.59. The number of hydrogen-bond acceptors (Lipinski definition) is 2. The third-order valence-electron chi connectivity index (χ3n) is 5.35. The molecule has 4 nitrogen and oxygen atoms in total. The molecule has 1 heterocycles. The lowest BCUT2D eigenvalue weighted by molar-refractivity contribution is 0.167. The van der Waals surface area contributed by atoms with Crippen LogP contribution in [0.1, 0.15) is 52.0 Å². The first-order valence-electron chi connectivity index (χ1n) is 9.77. The molecule has 0 radical (unpaired) electrons. The summed E-state index contributed by atoms with van der Waals surface area (Å²) in [5.41, 5.74) is 1.39. The van der Waals surface area contributed by atoms with Crippen molar-refractivity contribution in [1.29, 1.82) is 0 Å². The monoisotopic (exact) mass is 344 g/mol. The first-order valence-corrected chi connectivity index (χ1v) is 9.77. The zero-order valence-corrected chi connectivity index (χ0v) is 16.6. The van der Waals surface area contributed by atoms with Crippen molar-refractivity contribution in [2.24, 2.45) is 10.9 Å². The number of nitrogens with one attached hydrogen (secondary N) is 2. The number of guanidine groups is 1. The van der Waals surface area contributed by atoms with Crippen molar-refractivity contribution in [3.63, 3.8) is 0 Å². The van der Waals surface area contributed by atoms with E-state index in [1.807, 2.05) is 7.05 Å². The summed E-state index contributed by atoms with van der Waals surface area (Å²) in [4.78, 5) is 7.00. The van der Waals surface area contributed by atoms with Gasteiger partial charge < -0.3 is 15.5 Å². The van der Waals surface area contributed by atoms with Gasteiger partial charge in [-0.25, -0.2) is 0 Å². The highest BCUT2D eigenvalue weighted by Crippen LogP contribution is 2.23. The number of benzene rings is 1. The second-order valence-corrected chi connectivity index (χ2v) is 7.76. The van der Waals surface area contributed by atoms with Crippen LogP contribution in [0.2, 0.25) is 0 Å². The lowest BCUT2D eigenvalue weighted by Gasteiger charge is -2.35. The maximum absolute atomic E-state index is 4.44. The molecule has 0 aliphatic carbocycles. The lowest BCUT2D eigenvalue weighted by atomic mass is 9.88. The molecule has 140 valence electrons. The van der Waals surface area contributed by atoms with Crippen molar-refractivity contribution >= 4 is 5.96 Å². The predicted octanol–water partition coefficient (Wildman–Crippen LogP) is 3.46. The normalized spacial score (nSPS) is 18.6. The Morgan fingerprint density at radius 3 is 2.28 bits per heavy atom. The molecule has 1 aliphatic heterocycles. The summed E-state index contributed by atoms with van der Waals surface area (Å²) in [6.07, 6.45) is 2.37. The van der Waals surface area contributed by atoms with Gasteiger partial charge in [0.25, 0.3) is 0 Å². The SMILES string of the molecule is CN=C(NCC(c1ccccc1)C(C)C)NC1CCN(C(C)C)CC1. The Hall–Kier alpha value is -1.55. The van der Waals surface area contributed by atoms with Crippen molar-refractivity contribution in [2.75, 3.05) is 26.7 Å². The van der Waals surface area contributed by atoms with Gasteiger partial charge in [0.1, 0.15) is 0 Å². The van der Waals surface area contributed by atoms with Crippen LogP contribution in [0.5, 0.6) is 0 Å². The summed E-state index contributed by atoms with van der Waals surface area (Å²) in [5, 5.41) is 7.18. The molecular weight excluding hydrogens is 308 g/mol. The molecule has 1 aromatic carbocycles. The first kappa shape index (κ1) is 19.8. The first-order chi connectivity index (χ1) is 12.0. The van der Waals surface area contributed by atoms with E-state index in [-0.39, 0.29) is 0 Å². The Bertz CT molecular complexity index is 516. The molecule has 4 heteroatoms. The van der Waals surface area contributed by atoms with Gasteiger partial charge in [-0.3, -0.25) is 4.99 Å². The Balaban J connectivity index is 1.85. The summed E-state index contributed by atoms with van der Waals surface area (Å²) in [6, 6.07) is 12.0. The standard InChI is InChI=1S/C21H36N4/c1-16(2)20(18-9-7-6-8-10-18)15-23-21(22-5)24-19-11-13-25(14-12-19)17(3)4/h6-10,16-17,19-20H,11-15H2,1-5H3,(H2,22,23,24). The molecule has 2 N–H and O–H groups in total. The van der Waals surface area contributed by atoms with Gasteiger partial charge in [-0.2, -0.15) is 0 Å². The van der Waals surface area contributed by atoms with Gasteiger partial charge in [-0.1, -0.05) is 44.2 Å². The van der Waals surface area contributed by atoms with Crippen LogP contribution in [0.3, 0.4) is 0 Å². The molecule has 2 rings (SSSR count). The van der Waals surface area contributed by atoms with Crippen LogP contribution in [-0.4, -0.2) is 49.6 Å². The van der Waals surface area contributed by atoms with Crippen molar-refractivity contribution in [2.45, 2.75) is 58.5 Å². The molecule has 0 spiro atoms. The molecular formula is C21H36N4. The highest BCUT2D eigenvalue weighted by atomic mass is 15.2. The molecule has 1 atom stereocenters. The Labute approximate surface area is 154 Å². The van der Waals surface area contributed by atoms with E-state index >= 15 is 0 Å². The van der Waals surface area contributed by atoms with Gasteiger partial charge in [0.15, 0.2) is 5.96 Å². The van der Waals surface area contributed by atoms with Crippen molar-refractivity contribution in [3.05, 3.63) is 35.9 Å². The molecule has 1 fully saturated rings. The molecule has 25 heavy (non-hydrogen) atoms. The average molecular weight is 345 g/mol. The third kappa shape index (κ3) is 6.03. The minimum atomic E-state index is 0.488. The maximum atomic E-state index is 4.44. The van der Waals surface area contributed by atoms with E-state index in [2.05, 4.69) is 78.6 Å². The molecule has 0 aromatic heterocycles. The summed E-state index contributed by atoms with van der Waals surface area (Å²) in [7, 11) is 1.87. The summed E-state index contributed by atoms with van der Waals surface area (Å²) in [5.74, 6) is 2.01. The van der Waals surface area contributed by atoms with E-state index in [0.717, 1.165) is 12.5 Å². The quantitative estimate of drug-likeness (QED) is 0.613. The molecule has 1 aromatic rings. The van der Waals surface area contributed by atoms with Gasteiger partial charge in [0, 0.05) is 44.7 Å². The minimum Gasteiger partial charge on any atom is -0.356 e. The van der Waals surface area contributed by atoms with Crippen LogP contribution in [0.15, 0.2) is 35.3 Å². The second kappa shape index (κ2) is 9.81. The van der Waals surface area contributed by atoms with Gasteiger partial charge in [-0.05, 0) is 38.2 Å². The smallest absolute Gasteiger partial charge is 0.191 e. The van der Waals surface area contributed by atoms with Crippen LogP contribution in [-0.2, 0) is 0 Å².